The van der Waals surface area contributed by atoms with E-state index in [-0.39, 0.29) is 19.1 Å². The zero-order valence-corrected chi connectivity index (χ0v) is 15.4. The number of carbonyl (C=O) groups is 1. The third kappa shape index (κ3) is 4.48. The van der Waals surface area contributed by atoms with E-state index >= 15 is 0 Å². The average Bonchev–Trinajstić information content (AvgIpc) is 2.73. The van der Waals surface area contributed by atoms with Gasteiger partial charge in [0.1, 0.15) is 5.82 Å². The predicted octanol–water partition coefficient (Wildman–Crippen LogP) is 2.47. The monoisotopic (exact) mass is 349 g/mol. The summed E-state index contributed by atoms with van der Waals surface area (Å²) in [5.74, 6) is -0.624. The predicted molar refractivity (Wildman–Crippen MR) is 95.1 cm³/mol. The molecule has 136 valence electrons. The summed E-state index contributed by atoms with van der Waals surface area (Å²) < 4.78 is 26.2. The molecule has 1 aliphatic heterocycles. The molecule has 0 spiro atoms. The molecular weight excluding hydrogens is 324 g/mol. The van der Waals surface area contributed by atoms with Gasteiger partial charge in [0.15, 0.2) is 0 Å². The van der Waals surface area contributed by atoms with E-state index in [1.165, 1.54) is 19.1 Å². The minimum absolute atomic E-state index is 0.176. The fraction of sp³-hybridized carbons (Fsp3) is 0.500. The number of benzene rings is 1. The van der Waals surface area contributed by atoms with Crippen LogP contribution in [0.25, 0.3) is 6.08 Å². The molecule has 1 amide bonds. The summed E-state index contributed by atoms with van der Waals surface area (Å²) in [4.78, 5) is 11.3. The Morgan fingerprint density at radius 1 is 1.28 bits per heavy atom. The molecule has 1 aliphatic rings. The molecule has 1 fully saturated rings. The van der Waals surface area contributed by atoms with Gasteiger partial charge in [-0.1, -0.05) is 12.1 Å². The Kier molecular flexibility index (Phi) is 5.71. The van der Waals surface area contributed by atoms with Crippen LogP contribution >= 0.6 is 0 Å². The van der Waals surface area contributed by atoms with Crippen LogP contribution in [0.3, 0.4) is 0 Å². The zero-order valence-electron chi connectivity index (χ0n) is 15.4. The molecule has 0 aliphatic carbocycles. The van der Waals surface area contributed by atoms with Gasteiger partial charge in [0.2, 0.25) is 5.91 Å². The summed E-state index contributed by atoms with van der Waals surface area (Å²) in [6.07, 6.45) is 1.60. The molecule has 0 aromatic heterocycles. The molecule has 2 N–H and O–H groups in total. The van der Waals surface area contributed by atoms with Crippen LogP contribution in [0.15, 0.2) is 23.7 Å². The lowest BCUT2D eigenvalue weighted by atomic mass is 9.77. The van der Waals surface area contributed by atoms with Crippen molar-refractivity contribution in [3.05, 3.63) is 40.6 Å². The lowest BCUT2D eigenvalue weighted by Crippen LogP contribution is -2.41. The summed E-state index contributed by atoms with van der Waals surface area (Å²) in [7, 11) is -0.700. The van der Waals surface area contributed by atoms with Crippen LogP contribution < -0.4 is 5.32 Å². The van der Waals surface area contributed by atoms with Gasteiger partial charge in [-0.25, -0.2) is 4.39 Å². The maximum absolute atomic E-state index is 14.2. The van der Waals surface area contributed by atoms with Crippen molar-refractivity contribution in [2.45, 2.75) is 52.4 Å². The third-order valence-corrected chi connectivity index (χ3v) is 4.68. The van der Waals surface area contributed by atoms with Crippen molar-refractivity contribution in [3.8, 4) is 0 Å². The van der Waals surface area contributed by atoms with Gasteiger partial charge in [-0.3, -0.25) is 4.79 Å². The second-order valence-electron chi connectivity index (χ2n) is 7.23. The molecule has 0 unspecified atom stereocenters. The van der Waals surface area contributed by atoms with E-state index in [2.05, 4.69) is 5.32 Å². The van der Waals surface area contributed by atoms with Crippen LogP contribution in [0.5, 0.6) is 0 Å². The fourth-order valence-electron chi connectivity index (χ4n) is 2.43. The Morgan fingerprint density at radius 3 is 2.40 bits per heavy atom. The molecule has 1 heterocycles. The highest BCUT2D eigenvalue weighted by atomic mass is 19.1. The standard InChI is InChI=1S/C18H25BFNO4/c1-12(23)21-10-15(19-24-17(2,3)18(4,5)25-19)9-14-8-13(11-22)6-7-16(14)20/h6-9,22H,10-11H2,1-5H3,(H,21,23). The van der Waals surface area contributed by atoms with Crippen LogP contribution in [-0.2, 0) is 20.7 Å². The lowest BCUT2D eigenvalue weighted by molar-refractivity contribution is -0.118. The maximum Gasteiger partial charge on any atom is 0.492 e. The molecule has 7 heteroatoms. The molecule has 1 saturated heterocycles. The number of amides is 1. The number of halogens is 1. The lowest BCUT2D eigenvalue weighted by Gasteiger charge is -2.32. The SMILES string of the molecule is CC(=O)NCC(=Cc1cc(CO)ccc1F)B1OC(C)(C)C(C)(C)O1. The highest BCUT2D eigenvalue weighted by molar-refractivity contribution is 6.56. The van der Waals surface area contributed by atoms with Gasteiger partial charge in [-0.2, -0.15) is 0 Å². The topological polar surface area (TPSA) is 67.8 Å². The first kappa shape index (κ1) is 19.6. The summed E-state index contributed by atoms with van der Waals surface area (Å²) >= 11 is 0. The molecule has 0 bridgehead atoms. The first-order valence-electron chi connectivity index (χ1n) is 8.25. The second-order valence-corrected chi connectivity index (χ2v) is 7.23. The summed E-state index contributed by atoms with van der Waals surface area (Å²) in [6.45, 7) is 9.11. The Bertz CT molecular complexity index is 672. The number of rotatable bonds is 5. The number of hydrogen-bond acceptors (Lipinski definition) is 4. The Balaban J connectivity index is 2.38. The highest BCUT2D eigenvalue weighted by Gasteiger charge is 2.52. The van der Waals surface area contributed by atoms with Gasteiger partial charge in [0.05, 0.1) is 17.8 Å². The fourth-order valence-corrected chi connectivity index (χ4v) is 2.43. The molecule has 25 heavy (non-hydrogen) atoms. The van der Waals surface area contributed by atoms with Crippen LogP contribution in [0, 0.1) is 5.82 Å². The van der Waals surface area contributed by atoms with Crippen LogP contribution in [0.1, 0.15) is 45.7 Å². The summed E-state index contributed by atoms with van der Waals surface area (Å²) in [5.41, 5.74) is 0.418. The van der Waals surface area contributed by atoms with Crippen LogP contribution in [-0.4, -0.2) is 35.9 Å². The van der Waals surface area contributed by atoms with Gasteiger partial charge in [-0.15, -0.1) is 0 Å². The van der Waals surface area contributed by atoms with Crippen molar-refractivity contribution in [1.82, 2.24) is 5.32 Å². The number of carbonyl (C=O) groups excluding carboxylic acids is 1. The zero-order chi connectivity index (χ0) is 18.8. The molecular formula is C18H25BFNO4. The molecule has 1 aromatic carbocycles. The number of hydrogen-bond donors (Lipinski definition) is 2. The van der Waals surface area contributed by atoms with E-state index in [0.29, 0.717) is 16.6 Å². The van der Waals surface area contributed by atoms with E-state index in [9.17, 15) is 14.3 Å². The number of nitrogens with one attached hydrogen (secondary N) is 1. The van der Waals surface area contributed by atoms with Crippen molar-refractivity contribution in [1.29, 1.82) is 0 Å². The molecule has 5 nitrogen and oxygen atoms in total. The van der Waals surface area contributed by atoms with E-state index < -0.39 is 24.1 Å². The van der Waals surface area contributed by atoms with E-state index in [1.807, 2.05) is 27.7 Å². The Labute approximate surface area is 148 Å². The van der Waals surface area contributed by atoms with Gasteiger partial charge in [0.25, 0.3) is 0 Å². The normalized spacial score (nSPS) is 19.2. The quantitative estimate of drug-likeness (QED) is 0.802. The second kappa shape index (κ2) is 7.27. The van der Waals surface area contributed by atoms with Gasteiger partial charge in [0, 0.05) is 19.0 Å². The van der Waals surface area contributed by atoms with Crippen molar-refractivity contribution in [2.75, 3.05) is 6.54 Å². The van der Waals surface area contributed by atoms with Crippen molar-refractivity contribution in [3.63, 3.8) is 0 Å². The van der Waals surface area contributed by atoms with Gasteiger partial charge in [-0.05, 0) is 50.9 Å². The largest absolute Gasteiger partial charge is 0.492 e. The Hall–Kier alpha value is -1.70. The number of aliphatic hydroxyl groups excluding tert-OH is 1. The van der Waals surface area contributed by atoms with E-state index in [0.717, 1.165) is 0 Å². The smallest absolute Gasteiger partial charge is 0.400 e. The molecule has 0 radical (unpaired) electrons. The maximum atomic E-state index is 14.2. The van der Waals surface area contributed by atoms with Crippen molar-refractivity contribution in [2.24, 2.45) is 0 Å². The first-order valence-corrected chi connectivity index (χ1v) is 8.25. The van der Waals surface area contributed by atoms with Crippen molar-refractivity contribution < 1.29 is 23.6 Å². The minimum atomic E-state index is -0.700. The average molecular weight is 349 g/mol. The van der Waals surface area contributed by atoms with Gasteiger partial charge < -0.3 is 19.7 Å². The molecule has 0 saturated carbocycles. The summed E-state index contributed by atoms with van der Waals surface area (Å²) in [5, 5.41) is 12.0. The van der Waals surface area contributed by atoms with Crippen LogP contribution in [0.4, 0.5) is 4.39 Å². The molecule has 0 atom stereocenters. The third-order valence-electron chi connectivity index (χ3n) is 4.68. The molecule has 1 aromatic rings. The summed E-state index contributed by atoms with van der Waals surface area (Å²) in [6, 6.07) is 4.39. The van der Waals surface area contributed by atoms with E-state index in [4.69, 9.17) is 9.31 Å². The van der Waals surface area contributed by atoms with Gasteiger partial charge >= 0.3 is 7.12 Å². The highest BCUT2D eigenvalue weighted by Crippen LogP contribution is 2.38. The van der Waals surface area contributed by atoms with E-state index in [1.54, 1.807) is 12.1 Å². The Morgan fingerprint density at radius 2 is 1.88 bits per heavy atom. The minimum Gasteiger partial charge on any atom is -0.400 e. The molecule has 2 rings (SSSR count). The van der Waals surface area contributed by atoms with Crippen molar-refractivity contribution >= 4 is 19.1 Å². The number of aliphatic hydroxyl groups is 1. The first-order chi connectivity index (χ1) is 11.6. The van der Waals surface area contributed by atoms with Crippen LogP contribution in [0.2, 0.25) is 0 Å².